The number of hydrogen-bond donors (Lipinski definition) is 0. The molecule has 17 heavy (non-hydrogen) atoms. The maximum atomic E-state index is 12.2. The lowest BCUT2D eigenvalue weighted by atomic mass is 10.0. The highest BCUT2D eigenvalue weighted by Gasteiger charge is 2.25. The monoisotopic (exact) mass is 237 g/mol. The summed E-state index contributed by atoms with van der Waals surface area (Å²) in [6.45, 7) is 2.71. The molecule has 2 rings (SSSR count). The molecule has 0 N–H and O–H groups in total. The van der Waals surface area contributed by atoms with Gasteiger partial charge in [0.15, 0.2) is 6.29 Å². The molecule has 3 nitrogen and oxygen atoms in total. The first-order valence-electron chi connectivity index (χ1n) is 5.79. The molecule has 0 spiro atoms. The number of para-hydroxylation sites is 1. The van der Waals surface area contributed by atoms with Crippen molar-refractivity contribution in [3.63, 3.8) is 0 Å². The van der Waals surface area contributed by atoms with Crippen LogP contribution < -0.4 is 4.74 Å². The van der Waals surface area contributed by atoms with Gasteiger partial charge in [-0.15, -0.1) is 0 Å². The minimum absolute atomic E-state index is 0.206. The summed E-state index contributed by atoms with van der Waals surface area (Å²) < 4.78 is 17.7. The minimum Gasteiger partial charge on any atom is -0.492 e. The number of benzene rings is 1. The summed E-state index contributed by atoms with van der Waals surface area (Å²) in [7, 11) is 0. The van der Waals surface area contributed by atoms with Crippen LogP contribution in [0.5, 0.6) is 5.75 Å². The molecule has 1 aromatic carbocycles. The van der Waals surface area contributed by atoms with Gasteiger partial charge in [-0.3, -0.25) is 14.1 Å². The Hall–Kier alpha value is -1.42. The summed E-state index contributed by atoms with van der Waals surface area (Å²) in [4.78, 5) is 12.9. The second kappa shape index (κ2) is 5.77. The molecule has 0 radical (unpaired) electrons. The van der Waals surface area contributed by atoms with E-state index in [1.165, 1.54) is 0 Å². The lowest BCUT2D eigenvalue weighted by Gasteiger charge is -2.37. The predicted molar refractivity (Wildman–Crippen MR) is 63.2 cm³/mol. The molecule has 1 fully saturated rings. The fourth-order valence-corrected chi connectivity index (χ4v) is 1.95. The lowest BCUT2D eigenvalue weighted by Crippen LogP contribution is -2.49. The van der Waals surface area contributed by atoms with E-state index < -0.39 is 0 Å². The fraction of sp³-hybridized carbons (Fsp3) is 0.462. The van der Waals surface area contributed by atoms with Crippen molar-refractivity contribution in [2.24, 2.45) is 5.92 Å². The van der Waals surface area contributed by atoms with Gasteiger partial charge < -0.3 is 4.74 Å². The molecule has 0 unspecified atom stereocenters. The van der Waals surface area contributed by atoms with Gasteiger partial charge in [-0.2, -0.15) is 0 Å². The summed E-state index contributed by atoms with van der Waals surface area (Å²) in [5, 5.41) is 0. The van der Waals surface area contributed by atoms with Crippen LogP contribution in [0.2, 0.25) is 0 Å². The first-order chi connectivity index (χ1) is 8.33. The number of nitrogens with zero attached hydrogens (tertiary/aromatic N) is 1. The van der Waals surface area contributed by atoms with Gasteiger partial charge in [0, 0.05) is 25.6 Å². The number of likely N-dealkylation sites (tertiary alicyclic amines) is 1. The van der Waals surface area contributed by atoms with Crippen molar-refractivity contribution in [3.8, 4) is 5.75 Å². The van der Waals surface area contributed by atoms with Gasteiger partial charge in [-0.05, 0) is 12.1 Å². The zero-order valence-corrected chi connectivity index (χ0v) is 9.64. The van der Waals surface area contributed by atoms with E-state index in [1.54, 1.807) is 18.2 Å². The molecule has 1 aliphatic heterocycles. The van der Waals surface area contributed by atoms with Gasteiger partial charge in [-0.25, -0.2) is 0 Å². The third-order valence-electron chi connectivity index (χ3n) is 2.96. The highest BCUT2D eigenvalue weighted by atomic mass is 19.1. The maximum Gasteiger partial charge on any atom is 0.153 e. The Morgan fingerprint density at radius 1 is 1.41 bits per heavy atom. The van der Waals surface area contributed by atoms with Gasteiger partial charge in [0.1, 0.15) is 12.4 Å². The van der Waals surface area contributed by atoms with Gasteiger partial charge in [0.25, 0.3) is 0 Å². The van der Waals surface area contributed by atoms with Crippen LogP contribution in [0, 0.1) is 5.92 Å². The molecule has 0 aromatic heterocycles. The maximum absolute atomic E-state index is 12.2. The van der Waals surface area contributed by atoms with E-state index in [2.05, 4.69) is 4.90 Å². The molecular formula is C13H16FNO2. The fourth-order valence-electron chi connectivity index (χ4n) is 1.95. The molecule has 1 heterocycles. The van der Waals surface area contributed by atoms with Crippen molar-refractivity contribution in [2.75, 3.05) is 32.9 Å². The quantitative estimate of drug-likeness (QED) is 0.706. The van der Waals surface area contributed by atoms with Crippen molar-refractivity contribution in [3.05, 3.63) is 29.8 Å². The molecule has 92 valence electrons. The van der Waals surface area contributed by atoms with E-state index in [9.17, 15) is 9.18 Å². The number of halogens is 1. The van der Waals surface area contributed by atoms with Crippen molar-refractivity contribution < 1.29 is 13.9 Å². The van der Waals surface area contributed by atoms with E-state index in [0.29, 0.717) is 17.9 Å². The zero-order chi connectivity index (χ0) is 12.1. The minimum atomic E-state index is -0.231. The van der Waals surface area contributed by atoms with Crippen LogP contribution >= 0.6 is 0 Å². The summed E-state index contributed by atoms with van der Waals surface area (Å²) in [5.74, 6) is 0.822. The molecule has 0 aliphatic carbocycles. The lowest BCUT2D eigenvalue weighted by molar-refractivity contribution is 0.0667. The normalized spacial score (nSPS) is 16.5. The smallest absolute Gasteiger partial charge is 0.153 e. The van der Waals surface area contributed by atoms with E-state index in [0.717, 1.165) is 25.9 Å². The summed E-state index contributed by atoms with van der Waals surface area (Å²) >= 11 is 0. The van der Waals surface area contributed by atoms with Gasteiger partial charge in [0.05, 0.1) is 12.2 Å². The van der Waals surface area contributed by atoms with Crippen molar-refractivity contribution >= 4 is 6.29 Å². The molecule has 0 bridgehead atoms. The average molecular weight is 237 g/mol. The number of hydrogen-bond acceptors (Lipinski definition) is 3. The molecule has 4 heteroatoms. The SMILES string of the molecule is O=Cc1ccccc1OCCN1CC(CF)C1. The van der Waals surface area contributed by atoms with Crippen molar-refractivity contribution in [2.45, 2.75) is 0 Å². The summed E-state index contributed by atoms with van der Waals surface area (Å²) in [6.07, 6.45) is 0.790. The van der Waals surface area contributed by atoms with E-state index >= 15 is 0 Å². The Balaban J connectivity index is 1.73. The first kappa shape index (κ1) is 12.0. The number of carbonyl (C=O) groups is 1. The van der Waals surface area contributed by atoms with Crippen LogP contribution in [0.3, 0.4) is 0 Å². The Bertz CT molecular complexity index is 377. The summed E-state index contributed by atoms with van der Waals surface area (Å²) in [5.41, 5.74) is 0.567. The molecule has 0 saturated carbocycles. The largest absolute Gasteiger partial charge is 0.492 e. The highest BCUT2D eigenvalue weighted by Crippen LogP contribution is 2.17. The van der Waals surface area contributed by atoms with Crippen LogP contribution in [0.1, 0.15) is 10.4 Å². The Morgan fingerprint density at radius 2 is 2.18 bits per heavy atom. The van der Waals surface area contributed by atoms with Crippen LogP contribution in [0.25, 0.3) is 0 Å². The van der Waals surface area contributed by atoms with Crippen LogP contribution in [0.4, 0.5) is 4.39 Å². The van der Waals surface area contributed by atoms with E-state index in [-0.39, 0.29) is 12.6 Å². The van der Waals surface area contributed by atoms with Gasteiger partial charge >= 0.3 is 0 Å². The van der Waals surface area contributed by atoms with Crippen LogP contribution in [-0.4, -0.2) is 44.1 Å². The molecule has 1 aromatic rings. The predicted octanol–water partition coefficient (Wildman–Crippen LogP) is 1.78. The van der Waals surface area contributed by atoms with E-state index in [4.69, 9.17) is 4.74 Å². The number of aldehydes is 1. The number of ether oxygens (including phenoxy) is 1. The number of carbonyl (C=O) groups excluding carboxylic acids is 1. The van der Waals surface area contributed by atoms with Crippen LogP contribution in [0.15, 0.2) is 24.3 Å². The Labute approximate surface area is 100 Å². The molecular weight excluding hydrogens is 221 g/mol. The third kappa shape index (κ3) is 3.03. The Morgan fingerprint density at radius 3 is 2.88 bits per heavy atom. The number of rotatable bonds is 6. The Kier molecular flexibility index (Phi) is 4.09. The van der Waals surface area contributed by atoms with E-state index in [1.807, 2.05) is 6.07 Å². The second-order valence-electron chi connectivity index (χ2n) is 4.28. The van der Waals surface area contributed by atoms with Crippen molar-refractivity contribution in [1.82, 2.24) is 4.90 Å². The zero-order valence-electron chi connectivity index (χ0n) is 9.64. The topological polar surface area (TPSA) is 29.5 Å². The molecule has 1 saturated heterocycles. The second-order valence-corrected chi connectivity index (χ2v) is 4.28. The standard InChI is InChI=1S/C13H16FNO2/c14-7-11-8-15(9-11)5-6-17-13-4-2-1-3-12(13)10-16/h1-4,10-11H,5-9H2. The van der Waals surface area contributed by atoms with Crippen molar-refractivity contribution in [1.29, 1.82) is 0 Å². The summed E-state index contributed by atoms with van der Waals surface area (Å²) in [6, 6.07) is 7.15. The third-order valence-corrected chi connectivity index (χ3v) is 2.96. The first-order valence-corrected chi connectivity index (χ1v) is 5.79. The molecule has 0 atom stereocenters. The van der Waals surface area contributed by atoms with Gasteiger partial charge in [-0.1, -0.05) is 12.1 Å². The average Bonchev–Trinajstić information content (AvgIpc) is 2.32. The number of alkyl halides is 1. The highest BCUT2D eigenvalue weighted by molar-refractivity contribution is 5.79. The molecule has 1 aliphatic rings. The molecule has 0 amide bonds. The van der Waals surface area contributed by atoms with Crippen LogP contribution in [-0.2, 0) is 0 Å². The van der Waals surface area contributed by atoms with Gasteiger partial charge in [0.2, 0.25) is 0 Å².